The van der Waals surface area contributed by atoms with Crippen LogP contribution in [0.2, 0.25) is 0 Å². The smallest absolute Gasteiger partial charge is 0.337 e. The lowest BCUT2D eigenvalue weighted by atomic mass is 9.92. The molecule has 0 aliphatic heterocycles. The Labute approximate surface area is 179 Å². The van der Waals surface area contributed by atoms with E-state index in [1.165, 1.54) is 18.8 Å². The minimum absolute atomic E-state index is 0.170. The molecule has 1 aromatic carbocycles. The standard InChI is InChI=1S/C21H23N5O3S/c1-21(2,3)17-13-18(29-25-17)23-24-20(28)26(4)19(27)16-12-15(10-11-22-16)30-14-8-6-5-7-9-14/h5-13,23H,1-4H3,(H,24,28). The number of nitrogens with one attached hydrogen (secondary N) is 2. The number of amides is 3. The first-order chi connectivity index (χ1) is 14.2. The van der Waals surface area contributed by atoms with Crippen molar-refractivity contribution in [2.24, 2.45) is 0 Å². The van der Waals surface area contributed by atoms with Gasteiger partial charge in [-0.3, -0.25) is 20.1 Å². The summed E-state index contributed by atoms with van der Waals surface area (Å²) < 4.78 is 5.14. The largest absolute Gasteiger partial charge is 0.342 e. The van der Waals surface area contributed by atoms with Crippen molar-refractivity contribution in [2.45, 2.75) is 36.0 Å². The molecule has 3 aromatic rings. The lowest BCUT2D eigenvalue weighted by Gasteiger charge is -2.16. The highest BCUT2D eigenvalue weighted by atomic mass is 32.2. The second-order valence-corrected chi connectivity index (χ2v) is 8.68. The summed E-state index contributed by atoms with van der Waals surface area (Å²) in [5, 5.41) is 3.96. The Morgan fingerprint density at radius 3 is 2.47 bits per heavy atom. The number of pyridine rings is 1. The van der Waals surface area contributed by atoms with E-state index in [9.17, 15) is 9.59 Å². The van der Waals surface area contributed by atoms with Crippen molar-refractivity contribution in [3.8, 4) is 0 Å². The lowest BCUT2D eigenvalue weighted by Crippen LogP contribution is -2.43. The molecule has 0 saturated heterocycles. The number of carbonyl (C=O) groups excluding carboxylic acids is 2. The highest BCUT2D eigenvalue weighted by Gasteiger charge is 2.22. The Bertz CT molecular complexity index is 1030. The van der Waals surface area contributed by atoms with Gasteiger partial charge in [-0.15, -0.1) is 0 Å². The molecule has 3 rings (SSSR count). The highest BCUT2D eigenvalue weighted by molar-refractivity contribution is 7.99. The second kappa shape index (κ2) is 9.00. The van der Waals surface area contributed by atoms with Gasteiger partial charge in [-0.25, -0.2) is 10.2 Å². The zero-order valence-electron chi connectivity index (χ0n) is 17.2. The molecule has 0 saturated carbocycles. The quantitative estimate of drug-likeness (QED) is 0.587. The third kappa shape index (κ3) is 5.38. The van der Waals surface area contributed by atoms with Crippen LogP contribution >= 0.6 is 11.8 Å². The predicted octanol–water partition coefficient (Wildman–Crippen LogP) is 4.33. The monoisotopic (exact) mass is 425 g/mol. The molecule has 3 amide bonds. The molecule has 8 nitrogen and oxygen atoms in total. The molecule has 2 aromatic heterocycles. The van der Waals surface area contributed by atoms with Crippen molar-refractivity contribution in [2.75, 3.05) is 12.5 Å². The Hall–Kier alpha value is -3.33. The van der Waals surface area contributed by atoms with Gasteiger partial charge in [-0.2, -0.15) is 0 Å². The van der Waals surface area contributed by atoms with Crippen molar-refractivity contribution in [1.82, 2.24) is 20.5 Å². The molecule has 156 valence electrons. The maximum absolute atomic E-state index is 12.7. The van der Waals surface area contributed by atoms with E-state index in [1.54, 1.807) is 18.3 Å². The number of urea groups is 1. The molecule has 0 fully saturated rings. The molecule has 0 unspecified atom stereocenters. The molecule has 30 heavy (non-hydrogen) atoms. The van der Waals surface area contributed by atoms with E-state index in [0.29, 0.717) is 0 Å². The van der Waals surface area contributed by atoms with Crippen molar-refractivity contribution < 1.29 is 14.1 Å². The van der Waals surface area contributed by atoms with Crippen molar-refractivity contribution in [1.29, 1.82) is 0 Å². The third-order valence-electron chi connectivity index (χ3n) is 4.11. The Morgan fingerprint density at radius 1 is 1.07 bits per heavy atom. The van der Waals surface area contributed by atoms with Gasteiger partial charge in [0.2, 0.25) is 5.88 Å². The summed E-state index contributed by atoms with van der Waals surface area (Å²) in [6.07, 6.45) is 1.55. The van der Waals surface area contributed by atoms with E-state index in [-0.39, 0.29) is 17.0 Å². The van der Waals surface area contributed by atoms with Crippen LogP contribution in [0.5, 0.6) is 0 Å². The zero-order valence-corrected chi connectivity index (χ0v) is 18.0. The number of nitrogens with zero attached hydrogens (tertiary/aromatic N) is 3. The maximum atomic E-state index is 12.7. The number of anilines is 1. The normalized spacial score (nSPS) is 11.1. The Kier molecular flexibility index (Phi) is 6.41. The number of rotatable bonds is 5. The topological polar surface area (TPSA) is 100 Å². The molecule has 0 atom stereocenters. The van der Waals surface area contributed by atoms with Crippen molar-refractivity contribution >= 4 is 29.6 Å². The summed E-state index contributed by atoms with van der Waals surface area (Å²) in [6.45, 7) is 5.99. The summed E-state index contributed by atoms with van der Waals surface area (Å²) in [6, 6.07) is 14.3. The van der Waals surface area contributed by atoms with E-state index < -0.39 is 11.9 Å². The fourth-order valence-corrected chi connectivity index (χ4v) is 3.23. The minimum Gasteiger partial charge on any atom is -0.337 e. The first kappa shape index (κ1) is 21.4. The van der Waals surface area contributed by atoms with E-state index >= 15 is 0 Å². The summed E-state index contributed by atoms with van der Waals surface area (Å²) in [7, 11) is 1.37. The number of imide groups is 1. The van der Waals surface area contributed by atoms with E-state index in [1.807, 2.05) is 57.2 Å². The third-order valence-corrected chi connectivity index (χ3v) is 5.11. The zero-order chi connectivity index (χ0) is 21.7. The molecule has 0 spiro atoms. The summed E-state index contributed by atoms with van der Waals surface area (Å²) >= 11 is 1.51. The molecule has 0 aliphatic rings. The molecule has 0 aliphatic carbocycles. The van der Waals surface area contributed by atoms with Crippen LogP contribution < -0.4 is 10.9 Å². The van der Waals surface area contributed by atoms with Gasteiger partial charge in [0.25, 0.3) is 5.91 Å². The van der Waals surface area contributed by atoms with Crippen LogP contribution in [0, 0.1) is 0 Å². The molecular formula is C21H23N5O3S. The average Bonchev–Trinajstić information content (AvgIpc) is 3.21. The summed E-state index contributed by atoms with van der Waals surface area (Å²) in [5.74, 6) is -0.258. The molecule has 9 heteroatoms. The van der Waals surface area contributed by atoms with Crippen LogP contribution in [0.4, 0.5) is 10.7 Å². The van der Waals surface area contributed by atoms with Gasteiger partial charge in [0, 0.05) is 34.5 Å². The van der Waals surface area contributed by atoms with Gasteiger partial charge in [0.1, 0.15) is 5.69 Å². The number of hydrazine groups is 1. The van der Waals surface area contributed by atoms with Crippen molar-refractivity contribution in [3.05, 3.63) is 66.1 Å². The van der Waals surface area contributed by atoms with E-state index in [0.717, 1.165) is 20.4 Å². The van der Waals surface area contributed by atoms with Gasteiger partial charge in [0.05, 0.1) is 5.69 Å². The fraction of sp³-hybridized carbons (Fsp3) is 0.238. The average molecular weight is 426 g/mol. The molecule has 2 N–H and O–H groups in total. The fourth-order valence-electron chi connectivity index (χ4n) is 2.37. The maximum Gasteiger partial charge on any atom is 0.342 e. The number of hydrogen-bond acceptors (Lipinski definition) is 7. The first-order valence-corrected chi connectivity index (χ1v) is 10.1. The van der Waals surface area contributed by atoms with E-state index in [4.69, 9.17) is 4.52 Å². The lowest BCUT2D eigenvalue weighted by molar-refractivity contribution is 0.0826. The summed E-state index contributed by atoms with van der Waals surface area (Å²) in [5.41, 5.74) is 5.76. The number of carbonyl (C=O) groups is 2. The molecule has 0 bridgehead atoms. The van der Waals surface area contributed by atoms with Gasteiger partial charge in [-0.05, 0) is 24.3 Å². The molecule has 0 radical (unpaired) electrons. The highest BCUT2D eigenvalue weighted by Crippen LogP contribution is 2.27. The number of aromatic nitrogens is 2. The predicted molar refractivity (Wildman–Crippen MR) is 114 cm³/mol. The van der Waals surface area contributed by atoms with Gasteiger partial charge in [0.15, 0.2) is 0 Å². The Balaban J connectivity index is 1.61. The van der Waals surface area contributed by atoms with Crippen LogP contribution in [0.3, 0.4) is 0 Å². The van der Waals surface area contributed by atoms with Crippen LogP contribution in [0.1, 0.15) is 37.0 Å². The molecular weight excluding hydrogens is 402 g/mol. The van der Waals surface area contributed by atoms with Gasteiger partial charge in [-0.1, -0.05) is 55.9 Å². The number of hydrogen-bond donors (Lipinski definition) is 2. The first-order valence-electron chi connectivity index (χ1n) is 9.24. The van der Waals surface area contributed by atoms with Crippen molar-refractivity contribution in [3.63, 3.8) is 0 Å². The van der Waals surface area contributed by atoms with Crippen LogP contribution in [0.15, 0.2) is 69.0 Å². The second-order valence-electron chi connectivity index (χ2n) is 7.54. The minimum atomic E-state index is -0.656. The van der Waals surface area contributed by atoms with Crippen LogP contribution in [-0.2, 0) is 5.41 Å². The molecule has 2 heterocycles. The van der Waals surface area contributed by atoms with Crippen LogP contribution in [-0.4, -0.2) is 34.0 Å². The number of benzene rings is 1. The van der Waals surface area contributed by atoms with Gasteiger partial charge >= 0.3 is 6.03 Å². The van der Waals surface area contributed by atoms with E-state index in [2.05, 4.69) is 21.0 Å². The SMILES string of the molecule is CN(C(=O)NNc1cc(C(C)(C)C)no1)C(=O)c1cc(Sc2ccccc2)ccn1. The Morgan fingerprint density at radius 2 is 1.80 bits per heavy atom. The summed E-state index contributed by atoms with van der Waals surface area (Å²) in [4.78, 5) is 31.9. The van der Waals surface area contributed by atoms with Gasteiger partial charge < -0.3 is 4.52 Å². The van der Waals surface area contributed by atoms with Crippen LogP contribution in [0.25, 0.3) is 0 Å².